The summed E-state index contributed by atoms with van der Waals surface area (Å²) < 4.78 is 3.48. The SMILES string of the molecule is CCn1c(Cn2ccc(-c3nccs3)n2)cc(=O)c(C(=O)O)c1-c1ccc(Cl)c(Cl)c1. The van der Waals surface area contributed by atoms with Crippen LogP contribution in [0.15, 0.2) is 52.9 Å². The number of carbonyl (C=O) groups is 1. The molecule has 0 fully saturated rings. The largest absolute Gasteiger partial charge is 0.477 e. The minimum atomic E-state index is -1.30. The second-order valence-electron chi connectivity index (χ2n) is 6.64. The Morgan fingerprint density at radius 2 is 2.00 bits per heavy atom. The maximum Gasteiger partial charge on any atom is 0.341 e. The smallest absolute Gasteiger partial charge is 0.341 e. The lowest BCUT2D eigenvalue weighted by atomic mass is 10.0. The summed E-state index contributed by atoms with van der Waals surface area (Å²) in [6.07, 6.45) is 3.51. The molecule has 31 heavy (non-hydrogen) atoms. The van der Waals surface area contributed by atoms with Gasteiger partial charge in [-0.1, -0.05) is 29.3 Å². The number of nitrogens with zero attached hydrogens (tertiary/aromatic N) is 4. The number of aromatic nitrogens is 4. The van der Waals surface area contributed by atoms with Crippen molar-refractivity contribution in [1.82, 2.24) is 19.3 Å². The van der Waals surface area contributed by atoms with E-state index in [9.17, 15) is 14.7 Å². The molecule has 0 amide bonds. The third-order valence-electron chi connectivity index (χ3n) is 4.74. The van der Waals surface area contributed by atoms with Crippen LogP contribution in [0.5, 0.6) is 0 Å². The molecule has 1 aromatic carbocycles. The quantitative estimate of drug-likeness (QED) is 0.428. The highest BCUT2D eigenvalue weighted by Gasteiger charge is 2.22. The first kappa shape index (κ1) is 21.3. The standard InChI is InChI=1S/C21H16Cl2N4O3S/c1-2-27-13(11-26-7-5-16(25-26)20-24-6-8-31-20)10-17(28)18(21(29)30)19(27)12-3-4-14(22)15(23)9-12/h3-10H,2,11H2,1H3,(H,29,30). The fourth-order valence-corrected chi connectivity index (χ4v) is 4.32. The van der Waals surface area contributed by atoms with Gasteiger partial charge < -0.3 is 9.67 Å². The predicted molar refractivity (Wildman–Crippen MR) is 121 cm³/mol. The summed E-state index contributed by atoms with van der Waals surface area (Å²) >= 11 is 13.7. The molecule has 0 spiro atoms. The van der Waals surface area contributed by atoms with Crippen molar-refractivity contribution in [2.24, 2.45) is 0 Å². The van der Waals surface area contributed by atoms with Gasteiger partial charge in [0, 0.05) is 41.6 Å². The third kappa shape index (κ3) is 4.14. The summed E-state index contributed by atoms with van der Waals surface area (Å²) in [7, 11) is 0. The van der Waals surface area contributed by atoms with Crippen LogP contribution in [-0.2, 0) is 13.1 Å². The number of carboxylic acids is 1. The van der Waals surface area contributed by atoms with Crippen molar-refractivity contribution in [2.75, 3.05) is 0 Å². The van der Waals surface area contributed by atoms with Crippen molar-refractivity contribution >= 4 is 40.5 Å². The molecule has 0 aliphatic rings. The maximum absolute atomic E-state index is 12.8. The Hall–Kier alpha value is -2.94. The Balaban J connectivity index is 1.86. The average Bonchev–Trinajstić information content (AvgIpc) is 3.41. The van der Waals surface area contributed by atoms with Gasteiger partial charge in [0.1, 0.15) is 16.3 Å². The number of hydrogen-bond acceptors (Lipinski definition) is 5. The van der Waals surface area contributed by atoms with E-state index in [1.54, 1.807) is 39.8 Å². The summed E-state index contributed by atoms with van der Waals surface area (Å²) in [6, 6.07) is 7.99. The first-order valence-corrected chi connectivity index (χ1v) is 10.9. The molecule has 1 N–H and O–H groups in total. The van der Waals surface area contributed by atoms with E-state index in [1.807, 2.05) is 18.4 Å². The van der Waals surface area contributed by atoms with Gasteiger partial charge >= 0.3 is 5.97 Å². The number of rotatable bonds is 6. The van der Waals surface area contributed by atoms with Gasteiger partial charge in [0.2, 0.25) is 0 Å². The van der Waals surface area contributed by atoms with Gasteiger partial charge in [0.05, 0.1) is 22.3 Å². The Morgan fingerprint density at radius 1 is 1.19 bits per heavy atom. The molecule has 10 heteroatoms. The molecule has 3 heterocycles. The van der Waals surface area contributed by atoms with E-state index >= 15 is 0 Å². The van der Waals surface area contributed by atoms with Gasteiger partial charge in [-0.05, 0) is 25.1 Å². The van der Waals surface area contributed by atoms with E-state index in [0.29, 0.717) is 22.8 Å². The number of thiazole rings is 1. The van der Waals surface area contributed by atoms with Gasteiger partial charge in [-0.25, -0.2) is 9.78 Å². The summed E-state index contributed by atoms with van der Waals surface area (Å²) in [4.78, 5) is 29.0. The molecule has 0 aliphatic heterocycles. The van der Waals surface area contributed by atoms with Gasteiger partial charge in [-0.15, -0.1) is 11.3 Å². The van der Waals surface area contributed by atoms with Crippen LogP contribution in [0.25, 0.3) is 22.0 Å². The lowest BCUT2D eigenvalue weighted by Crippen LogP contribution is -2.24. The van der Waals surface area contributed by atoms with Crippen LogP contribution in [0, 0.1) is 0 Å². The molecular formula is C21H16Cl2N4O3S. The highest BCUT2D eigenvalue weighted by Crippen LogP contribution is 2.31. The lowest BCUT2D eigenvalue weighted by molar-refractivity contribution is 0.0695. The number of benzene rings is 1. The van der Waals surface area contributed by atoms with Crippen molar-refractivity contribution in [3.8, 4) is 22.0 Å². The fourth-order valence-electron chi connectivity index (χ4n) is 3.42. The Kier molecular flexibility index (Phi) is 5.95. The van der Waals surface area contributed by atoms with Gasteiger partial charge in [-0.2, -0.15) is 5.10 Å². The van der Waals surface area contributed by atoms with E-state index < -0.39 is 11.4 Å². The van der Waals surface area contributed by atoms with Crippen molar-refractivity contribution in [3.05, 3.63) is 79.6 Å². The average molecular weight is 475 g/mol. The van der Waals surface area contributed by atoms with Crippen LogP contribution in [-0.4, -0.2) is 30.4 Å². The Morgan fingerprint density at radius 3 is 2.65 bits per heavy atom. The van der Waals surface area contributed by atoms with Crippen LogP contribution in [0.1, 0.15) is 23.0 Å². The highest BCUT2D eigenvalue weighted by atomic mass is 35.5. The number of halogens is 2. The molecule has 0 atom stereocenters. The van der Waals surface area contributed by atoms with Crippen LogP contribution in [0.3, 0.4) is 0 Å². The first-order chi connectivity index (χ1) is 14.9. The van der Waals surface area contributed by atoms with Crippen molar-refractivity contribution < 1.29 is 9.90 Å². The minimum Gasteiger partial charge on any atom is -0.477 e. The molecule has 0 aliphatic carbocycles. The number of carboxylic acid groups (broad SMARTS) is 1. The molecule has 3 aromatic heterocycles. The first-order valence-electron chi connectivity index (χ1n) is 9.27. The normalized spacial score (nSPS) is 11.1. The van der Waals surface area contributed by atoms with Gasteiger partial charge in [0.25, 0.3) is 0 Å². The van der Waals surface area contributed by atoms with Gasteiger partial charge in [-0.3, -0.25) is 9.48 Å². The van der Waals surface area contributed by atoms with Crippen molar-refractivity contribution in [3.63, 3.8) is 0 Å². The maximum atomic E-state index is 12.8. The zero-order valence-corrected chi connectivity index (χ0v) is 18.6. The fraction of sp³-hybridized carbons (Fsp3) is 0.143. The van der Waals surface area contributed by atoms with Crippen molar-refractivity contribution in [2.45, 2.75) is 20.0 Å². The Bertz CT molecular complexity index is 1330. The Labute approximate surface area is 191 Å². The van der Waals surface area contributed by atoms with E-state index in [-0.39, 0.29) is 22.8 Å². The van der Waals surface area contributed by atoms with Crippen LogP contribution in [0.4, 0.5) is 0 Å². The lowest BCUT2D eigenvalue weighted by Gasteiger charge is -2.20. The third-order valence-corrected chi connectivity index (χ3v) is 6.27. The second kappa shape index (κ2) is 8.66. The second-order valence-corrected chi connectivity index (χ2v) is 8.35. The minimum absolute atomic E-state index is 0.274. The highest BCUT2D eigenvalue weighted by molar-refractivity contribution is 7.13. The van der Waals surface area contributed by atoms with E-state index in [4.69, 9.17) is 23.2 Å². The van der Waals surface area contributed by atoms with Crippen molar-refractivity contribution in [1.29, 1.82) is 0 Å². The predicted octanol–water partition coefficient (Wildman–Crippen LogP) is 4.91. The molecule has 0 unspecified atom stereocenters. The number of pyridine rings is 1. The topological polar surface area (TPSA) is 90.0 Å². The molecule has 158 valence electrons. The molecule has 0 bridgehead atoms. The van der Waals surface area contributed by atoms with Crippen LogP contribution >= 0.6 is 34.5 Å². The summed E-state index contributed by atoms with van der Waals surface area (Å²) in [5.74, 6) is -1.30. The summed E-state index contributed by atoms with van der Waals surface area (Å²) in [5, 5.41) is 17.6. The molecule has 4 rings (SSSR count). The molecule has 0 saturated carbocycles. The zero-order chi connectivity index (χ0) is 22.1. The molecule has 7 nitrogen and oxygen atoms in total. The van der Waals surface area contributed by atoms with Gasteiger partial charge in [0.15, 0.2) is 5.43 Å². The zero-order valence-electron chi connectivity index (χ0n) is 16.2. The summed E-state index contributed by atoms with van der Waals surface area (Å²) in [5.41, 5.74) is 1.23. The molecule has 0 radical (unpaired) electrons. The van der Waals surface area contributed by atoms with Crippen LogP contribution < -0.4 is 5.43 Å². The van der Waals surface area contributed by atoms with E-state index in [2.05, 4.69) is 10.1 Å². The molecule has 0 saturated heterocycles. The molecule has 4 aromatic rings. The van der Waals surface area contributed by atoms with E-state index in [0.717, 1.165) is 10.7 Å². The number of aromatic carboxylic acids is 1. The monoisotopic (exact) mass is 474 g/mol. The number of hydrogen-bond donors (Lipinski definition) is 1. The van der Waals surface area contributed by atoms with E-state index in [1.165, 1.54) is 17.4 Å². The van der Waals surface area contributed by atoms with Crippen LogP contribution in [0.2, 0.25) is 10.0 Å². The summed E-state index contributed by atoms with van der Waals surface area (Å²) in [6.45, 7) is 2.60. The molecular weight excluding hydrogens is 459 g/mol.